The number of fused-ring (bicyclic) bond motifs is 1. The molecule has 0 saturated carbocycles. The summed E-state index contributed by atoms with van der Waals surface area (Å²) in [6.07, 6.45) is -0.299. The van der Waals surface area contributed by atoms with Crippen molar-refractivity contribution in [1.82, 2.24) is 0 Å². The molecule has 0 spiro atoms. The summed E-state index contributed by atoms with van der Waals surface area (Å²) in [4.78, 5) is 38.6. The Morgan fingerprint density at radius 2 is 1.81 bits per heavy atom. The second kappa shape index (κ2) is 8.49. The lowest BCUT2D eigenvalue weighted by atomic mass is 9.85. The molecule has 1 heterocycles. The third-order valence-corrected chi connectivity index (χ3v) is 5.82. The lowest BCUT2D eigenvalue weighted by Gasteiger charge is -2.19. The summed E-state index contributed by atoms with van der Waals surface area (Å²) in [7, 11) is 0. The van der Waals surface area contributed by atoms with Gasteiger partial charge in [0.1, 0.15) is 5.82 Å². The highest BCUT2D eigenvalue weighted by Crippen LogP contribution is 2.44. The second-order valence-corrected chi connectivity index (χ2v) is 8.46. The summed E-state index contributed by atoms with van der Waals surface area (Å²) in [6.45, 7) is 8.13. The van der Waals surface area contributed by atoms with Crippen LogP contribution >= 0.6 is 0 Å². The number of amides is 2. The molecular formula is C24H27FN2O4. The first kappa shape index (κ1) is 22.5. The average molecular weight is 426 g/mol. The molecule has 0 fully saturated rings. The number of rotatable bonds is 7. The van der Waals surface area contributed by atoms with E-state index in [0.717, 1.165) is 16.8 Å². The Balaban J connectivity index is 1.84. The molecule has 2 aromatic rings. The number of nitrogens with one attached hydrogen (secondary N) is 1. The van der Waals surface area contributed by atoms with Gasteiger partial charge in [0.2, 0.25) is 11.8 Å². The number of carboxylic acids is 1. The van der Waals surface area contributed by atoms with Crippen LogP contribution in [0.2, 0.25) is 0 Å². The van der Waals surface area contributed by atoms with E-state index in [1.165, 1.54) is 24.3 Å². The summed E-state index contributed by atoms with van der Waals surface area (Å²) < 4.78 is 13.2. The smallest absolute Gasteiger partial charge is 0.303 e. The van der Waals surface area contributed by atoms with Gasteiger partial charge in [-0.3, -0.25) is 14.4 Å². The molecule has 1 atom stereocenters. The van der Waals surface area contributed by atoms with Crippen molar-refractivity contribution < 1.29 is 23.9 Å². The van der Waals surface area contributed by atoms with Crippen LogP contribution in [0.25, 0.3) is 0 Å². The monoisotopic (exact) mass is 426 g/mol. The number of carbonyl (C=O) groups is 3. The van der Waals surface area contributed by atoms with Crippen molar-refractivity contribution in [2.75, 3.05) is 16.8 Å². The molecule has 2 amide bonds. The molecule has 1 aliphatic rings. The highest BCUT2D eigenvalue weighted by atomic mass is 19.1. The maximum Gasteiger partial charge on any atom is 0.303 e. The Labute approximate surface area is 181 Å². The van der Waals surface area contributed by atoms with Gasteiger partial charge in [-0.05, 0) is 68.7 Å². The molecule has 3 rings (SSSR count). The lowest BCUT2D eigenvalue weighted by molar-refractivity contribution is -0.137. The molecule has 1 unspecified atom stereocenters. The first-order valence-corrected chi connectivity index (χ1v) is 10.3. The first-order valence-electron chi connectivity index (χ1n) is 10.3. The van der Waals surface area contributed by atoms with Crippen LogP contribution < -0.4 is 10.2 Å². The van der Waals surface area contributed by atoms with Crippen LogP contribution in [0.1, 0.15) is 56.2 Å². The highest BCUT2D eigenvalue weighted by Gasteiger charge is 2.44. The fourth-order valence-corrected chi connectivity index (χ4v) is 4.23. The molecule has 164 valence electrons. The lowest BCUT2D eigenvalue weighted by Crippen LogP contribution is -2.36. The maximum absolute atomic E-state index is 13.2. The van der Waals surface area contributed by atoms with Crippen LogP contribution in [0.3, 0.4) is 0 Å². The minimum atomic E-state index is -1.03. The molecule has 7 heteroatoms. The first-order chi connectivity index (χ1) is 14.5. The summed E-state index contributed by atoms with van der Waals surface area (Å²) in [5.41, 5.74) is 3.08. The second-order valence-electron chi connectivity index (χ2n) is 8.46. The number of hydrogen-bond donors (Lipinski definition) is 2. The molecule has 0 bridgehead atoms. The van der Waals surface area contributed by atoms with Gasteiger partial charge in [-0.25, -0.2) is 4.39 Å². The van der Waals surface area contributed by atoms with Gasteiger partial charge in [0.15, 0.2) is 0 Å². The minimum absolute atomic E-state index is 0.0226. The van der Waals surface area contributed by atoms with Crippen molar-refractivity contribution in [2.45, 2.75) is 51.9 Å². The molecular weight excluding hydrogens is 399 g/mol. The number of halogens is 1. The molecule has 6 nitrogen and oxygen atoms in total. The van der Waals surface area contributed by atoms with Crippen molar-refractivity contribution >= 4 is 29.2 Å². The Hall–Kier alpha value is -3.22. The number of benzene rings is 2. The number of anilines is 2. The van der Waals surface area contributed by atoms with Gasteiger partial charge in [-0.2, -0.15) is 0 Å². The van der Waals surface area contributed by atoms with Crippen molar-refractivity contribution in [3.8, 4) is 0 Å². The van der Waals surface area contributed by atoms with Crippen molar-refractivity contribution in [1.29, 1.82) is 0 Å². The zero-order chi connectivity index (χ0) is 22.9. The topological polar surface area (TPSA) is 86.7 Å². The van der Waals surface area contributed by atoms with Gasteiger partial charge in [0.25, 0.3) is 0 Å². The Bertz CT molecular complexity index is 1030. The van der Waals surface area contributed by atoms with E-state index in [1.54, 1.807) is 4.90 Å². The molecule has 0 aromatic heterocycles. The van der Waals surface area contributed by atoms with Gasteiger partial charge in [0.05, 0.1) is 17.5 Å². The van der Waals surface area contributed by atoms with Crippen LogP contribution in [0.5, 0.6) is 0 Å². The molecule has 1 aliphatic heterocycles. The van der Waals surface area contributed by atoms with Crippen LogP contribution in [0.4, 0.5) is 15.8 Å². The minimum Gasteiger partial charge on any atom is -0.481 e. The van der Waals surface area contributed by atoms with Crippen molar-refractivity contribution in [3.63, 3.8) is 0 Å². The molecule has 0 saturated heterocycles. The zero-order valence-electron chi connectivity index (χ0n) is 18.2. The van der Waals surface area contributed by atoms with E-state index in [-0.39, 0.29) is 24.7 Å². The van der Waals surface area contributed by atoms with Crippen LogP contribution in [0, 0.1) is 12.7 Å². The number of carboxylic acid groups (broad SMARTS) is 1. The molecule has 2 aromatic carbocycles. The van der Waals surface area contributed by atoms with Gasteiger partial charge in [-0.1, -0.05) is 12.1 Å². The average Bonchev–Trinajstić information content (AvgIpc) is 2.88. The Morgan fingerprint density at radius 3 is 2.39 bits per heavy atom. The Kier molecular flexibility index (Phi) is 6.15. The van der Waals surface area contributed by atoms with Crippen molar-refractivity contribution in [2.24, 2.45) is 0 Å². The quantitative estimate of drug-likeness (QED) is 0.689. The van der Waals surface area contributed by atoms with E-state index in [9.17, 15) is 23.9 Å². The molecule has 0 radical (unpaired) electrons. The summed E-state index contributed by atoms with van der Waals surface area (Å²) in [6, 6.07) is 9.15. The van der Waals surface area contributed by atoms with Gasteiger partial charge in [-0.15, -0.1) is 0 Å². The number of carbonyl (C=O) groups excluding carboxylic acids is 2. The number of aliphatic carboxylic acids is 1. The largest absolute Gasteiger partial charge is 0.481 e. The van der Waals surface area contributed by atoms with E-state index in [1.807, 2.05) is 39.8 Å². The van der Waals surface area contributed by atoms with Gasteiger partial charge < -0.3 is 15.3 Å². The number of aryl methyl sites for hydroxylation is 1. The predicted molar refractivity (Wildman–Crippen MR) is 117 cm³/mol. The third-order valence-electron chi connectivity index (χ3n) is 5.82. The number of likely N-dealkylation sites (N-methyl/N-ethyl adjacent to an activating group) is 1. The summed E-state index contributed by atoms with van der Waals surface area (Å²) in [5, 5.41) is 12.1. The van der Waals surface area contributed by atoms with Gasteiger partial charge >= 0.3 is 5.97 Å². The maximum atomic E-state index is 13.2. The molecule has 2 N–H and O–H groups in total. The summed E-state index contributed by atoms with van der Waals surface area (Å²) in [5.74, 6) is -2.36. The van der Waals surface area contributed by atoms with E-state index < -0.39 is 23.1 Å². The summed E-state index contributed by atoms with van der Waals surface area (Å²) >= 11 is 0. The van der Waals surface area contributed by atoms with Crippen molar-refractivity contribution in [3.05, 3.63) is 58.9 Å². The Morgan fingerprint density at radius 1 is 1.16 bits per heavy atom. The van der Waals surface area contributed by atoms with Gasteiger partial charge in [0, 0.05) is 24.6 Å². The normalized spacial score (nSPS) is 15.5. The van der Waals surface area contributed by atoms with E-state index in [4.69, 9.17) is 0 Å². The third kappa shape index (κ3) is 4.45. The van der Waals surface area contributed by atoms with Crippen LogP contribution in [-0.2, 0) is 19.8 Å². The zero-order valence-corrected chi connectivity index (χ0v) is 18.2. The highest BCUT2D eigenvalue weighted by molar-refractivity contribution is 6.09. The SMILES string of the molecule is CCN1C(=O)C(C)(C)c2cc(NC(=O)CC(CC(=O)O)c3ccc(F)cc3)cc(C)c21. The van der Waals surface area contributed by atoms with E-state index in [2.05, 4.69) is 5.32 Å². The number of hydrogen-bond acceptors (Lipinski definition) is 3. The predicted octanol–water partition coefficient (Wildman–Crippen LogP) is 4.37. The molecule has 0 aliphatic carbocycles. The van der Waals surface area contributed by atoms with Crippen LogP contribution in [-0.4, -0.2) is 29.4 Å². The standard InChI is InChI=1S/C24H27FN2O4/c1-5-27-22-14(2)10-18(13-19(22)24(3,4)23(27)31)26-20(28)11-16(12-21(29)30)15-6-8-17(25)9-7-15/h6-10,13,16H,5,11-12H2,1-4H3,(H,26,28)(H,29,30). The fourth-order valence-electron chi connectivity index (χ4n) is 4.23. The molecule has 31 heavy (non-hydrogen) atoms. The fraction of sp³-hybridized carbons (Fsp3) is 0.375. The van der Waals surface area contributed by atoms with Crippen LogP contribution in [0.15, 0.2) is 36.4 Å². The number of nitrogens with zero attached hydrogens (tertiary/aromatic N) is 1. The van der Waals surface area contributed by atoms with E-state index >= 15 is 0 Å². The van der Waals surface area contributed by atoms with E-state index in [0.29, 0.717) is 17.8 Å².